The molecular weight excluding hydrogens is 374 g/mol. The van der Waals surface area contributed by atoms with E-state index < -0.39 is 29.7 Å². The number of benzene rings is 2. The second-order valence-electron chi connectivity index (χ2n) is 7.51. The lowest BCUT2D eigenvalue weighted by atomic mass is 10.00. The highest BCUT2D eigenvalue weighted by Crippen LogP contribution is 2.21. The molecule has 0 saturated heterocycles. The summed E-state index contributed by atoms with van der Waals surface area (Å²) in [7, 11) is 1.33. The average molecular weight is 399 g/mol. The van der Waals surface area contributed by atoms with Gasteiger partial charge >= 0.3 is 18.0 Å². The van der Waals surface area contributed by atoms with Crippen LogP contribution >= 0.6 is 0 Å². The summed E-state index contributed by atoms with van der Waals surface area (Å²) in [6.45, 7) is 5.12. The van der Waals surface area contributed by atoms with Crippen molar-refractivity contribution in [3.8, 4) is 11.1 Å². The van der Waals surface area contributed by atoms with Crippen molar-refractivity contribution in [3.63, 3.8) is 0 Å². The molecule has 7 nitrogen and oxygen atoms in total. The van der Waals surface area contributed by atoms with Crippen LogP contribution in [-0.4, -0.2) is 41.9 Å². The Labute approximate surface area is 169 Å². The fourth-order valence-electron chi connectivity index (χ4n) is 2.64. The molecule has 2 N–H and O–H groups in total. The van der Waals surface area contributed by atoms with Crippen LogP contribution in [0.5, 0.6) is 0 Å². The monoisotopic (exact) mass is 399 g/mol. The second-order valence-corrected chi connectivity index (χ2v) is 7.51. The highest BCUT2D eigenvalue weighted by Gasteiger charge is 2.24. The maximum atomic E-state index is 11.9. The lowest BCUT2D eigenvalue weighted by molar-refractivity contribution is -0.139. The van der Waals surface area contributed by atoms with Crippen LogP contribution in [0.3, 0.4) is 0 Å². The number of carbonyl (C=O) groups is 3. The topological polar surface area (TPSA) is 102 Å². The van der Waals surface area contributed by atoms with Crippen LogP contribution in [0.2, 0.25) is 0 Å². The van der Waals surface area contributed by atoms with Gasteiger partial charge in [-0.05, 0) is 49.6 Å². The zero-order valence-electron chi connectivity index (χ0n) is 16.9. The standard InChI is InChI=1S/C22H25NO6/c1-22(2,3)29-21(27)23-18(19(24)25)13-14-5-7-15(8-6-14)16-9-11-17(12-10-16)20(26)28-4/h5-12,18H,13H2,1-4H3,(H,23,27)(H,24,25)/t18-/m0/s1. The van der Waals surface area contributed by atoms with E-state index in [9.17, 15) is 19.5 Å². The molecule has 0 saturated carbocycles. The molecule has 7 heteroatoms. The third kappa shape index (κ3) is 6.64. The van der Waals surface area contributed by atoms with Crippen molar-refractivity contribution in [1.82, 2.24) is 5.32 Å². The number of amides is 1. The van der Waals surface area contributed by atoms with Crippen LogP contribution in [0.4, 0.5) is 4.79 Å². The van der Waals surface area contributed by atoms with E-state index in [1.165, 1.54) is 7.11 Å². The van der Waals surface area contributed by atoms with Gasteiger partial charge in [-0.25, -0.2) is 14.4 Å². The number of carboxylic acid groups (broad SMARTS) is 1. The normalized spacial score (nSPS) is 12.0. The van der Waals surface area contributed by atoms with E-state index in [0.717, 1.165) is 16.7 Å². The SMILES string of the molecule is COC(=O)c1ccc(-c2ccc(C[C@H](NC(=O)OC(C)(C)C)C(=O)O)cc2)cc1. The summed E-state index contributed by atoms with van der Waals surface area (Å²) in [4.78, 5) is 34.9. The van der Waals surface area contributed by atoms with Crippen LogP contribution < -0.4 is 5.32 Å². The molecule has 0 aliphatic heterocycles. The smallest absolute Gasteiger partial charge is 0.408 e. The molecule has 1 amide bonds. The number of carbonyl (C=O) groups excluding carboxylic acids is 2. The van der Waals surface area contributed by atoms with Gasteiger partial charge in [0.05, 0.1) is 12.7 Å². The molecule has 0 unspecified atom stereocenters. The second kappa shape index (κ2) is 9.23. The number of hydrogen-bond acceptors (Lipinski definition) is 5. The largest absolute Gasteiger partial charge is 0.480 e. The van der Waals surface area contributed by atoms with E-state index in [-0.39, 0.29) is 6.42 Å². The Bertz CT molecular complexity index is 866. The van der Waals surface area contributed by atoms with Crippen LogP contribution in [0.25, 0.3) is 11.1 Å². The Morgan fingerprint density at radius 2 is 1.48 bits per heavy atom. The average Bonchev–Trinajstić information content (AvgIpc) is 2.66. The first-order valence-electron chi connectivity index (χ1n) is 9.09. The molecule has 154 valence electrons. The summed E-state index contributed by atoms with van der Waals surface area (Å²) >= 11 is 0. The minimum absolute atomic E-state index is 0.121. The number of aliphatic carboxylic acids is 1. The third-order valence-electron chi connectivity index (χ3n) is 4.02. The highest BCUT2D eigenvalue weighted by atomic mass is 16.6. The highest BCUT2D eigenvalue weighted by molar-refractivity contribution is 5.90. The number of methoxy groups -OCH3 is 1. The molecule has 0 aliphatic carbocycles. The summed E-state index contributed by atoms with van der Waals surface area (Å²) in [5.41, 5.74) is 2.33. The molecule has 0 spiro atoms. The van der Waals surface area contributed by atoms with Crippen LogP contribution in [0.15, 0.2) is 48.5 Å². The molecule has 0 fully saturated rings. The van der Waals surface area contributed by atoms with Crippen molar-refractivity contribution in [2.75, 3.05) is 7.11 Å². The maximum absolute atomic E-state index is 11.9. The first-order valence-corrected chi connectivity index (χ1v) is 9.09. The van der Waals surface area contributed by atoms with Crippen molar-refractivity contribution >= 4 is 18.0 Å². The van der Waals surface area contributed by atoms with Crippen molar-refractivity contribution in [3.05, 3.63) is 59.7 Å². The quantitative estimate of drug-likeness (QED) is 0.719. The first kappa shape index (κ1) is 21.9. The van der Waals surface area contributed by atoms with Gasteiger partial charge in [0.15, 0.2) is 0 Å². The lowest BCUT2D eigenvalue weighted by Crippen LogP contribution is -2.44. The van der Waals surface area contributed by atoms with Gasteiger partial charge in [-0.1, -0.05) is 36.4 Å². The number of rotatable bonds is 6. The van der Waals surface area contributed by atoms with Crippen molar-refractivity contribution < 1.29 is 29.0 Å². The Morgan fingerprint density at radius 3 is 1.93 bits per heavy atom. The van der Waals surface area contributed by atoms with Crippen LogP contribution in [0.1, 0.15) is 36.7 Å². The Balaban J connectivity index is 2.07. The van der Waals surface area contributed by atoms with E-state index in [1.807, 2.05) is 24.3 Å². The van der Waals surface area contributed by atoms with E-state index in [2.05, 4.69) is 10.1 Å². The lowest BCUT2D eigenvalue weighted by Gasteiger charge is -2.22. The van der Waals surface area contributed by atoms with E-state index in [4.69, 9.17) is 4.74 Å². The Kier molecular flexibility index (Phi) is 6.98. The molecule has 2 rings (SSSR count). The molecular formula is C22H25NO6. The fraction of sp³-hybridized carbons (Fsp3) is 0.318. The number of carboxylic acids is 1. The Hall–Kier alpha value is -3.35. The maximum Gasteiger partial charge on any atom is 0.408 e. The van der Waals surface area contributed by atoms with Gasteiger partial charge < -0.3 is 19.9 Å². The minimum atomic E-state index is -1.14. The minimum Gasteiger partial charge on any atom is -0.480 e. The summed E-state index contributed by atoms with van der Waals surface area (Å²) in [6, 6.07) is 13.2. The molecule has 2 aromatic rings. The summed E-state index contributed by atoms with van der Waals surface area (Å²) in [6.07, 6.45) is -0.650. The number of hydrogen-bond donors (Lipinski definition) is 2. The summed E-state index contributed by atoms with van der Waals surface area (Å²) in [5, 5.41) is 11.8. The van der Waals surface area contributed by atoms with Gasteiger partial charge in [0.25, 0.3) is 0 Å². The van der Waals surface area contributed by atoms with Crippen molar-refractivity contribution in [2.45, 2.75) is 38.8 Å². The van der Waals surface area contributed by atoms with Gasteiger partial charge in [-0.15, -0.1) is 0 Å². The zero-order valence-corrected chi connectivity index (χ0v) is 16.9. The van der Waals surface area contributed by atoms with E-state index >= 15 is 0 Å². The number of ether oxygens (including phenoxy) is 2. The molecule has 1 atom stereocenters. The van der Waals surface area contributed by atoms with Gasteiger partial charge in [-0.2, -0.15) is 0 Å². The zero-order chi connectivity index (χ0) is 21.6. The number of alkyl carbamates (subject to hydrolysis) is 1. The van der Waals surface area contributed by atoms with E-state index in [1.54, 1.807) is 45.0 Å². The van der Waals surface area contributed by atoms with Crippen molar-refractivity contribution in [2.24, 2.45) is 0 Å². The number of nitrogens with one attached hydrogen (secondary N) is 1. The molecule has 0 bridgehead atoms. The molecule has 2 aromatic carbocycles. The van der Waals surface area contributed by atoms with Crippen molar-refractivity contribution in [1.29, 1.82) is 0 Å². The molecule has 0 aliphatic rings. The summed E-state index contributed by atoms with van der Waals surface area (Å²) < 4.78 is 9.80. The Morgan fingerprint density at radius 1 is 0.966 bits per heavy atom. The van der Waals surface area contributed by atoms with Gasteiger partial charge in [0.1, 0.15) is 11.6 Å². The first-order chi connectivity index (χ1) is 13.6. The number of esters is 1. The van der Waals surface area contributed by atoms with Gasteiger partial charge in [0.2, 0.25) is 0 Å². The van der Waals surface area contributed by atoms with E-state index in [0.29, 0.717) is 5.56 Å². The fourth-order valence-corrected chi connectivity index (χ4v) is 2.64. The molecule has 0 aromatic heterocycles. The third-order valence-corrected chi connectivity index (χ3v) is 4.02. The summed E-state index contributed by atoms with van der Waals surface area (Å²) in [5.74, 6) is -1.54. The molecule has 0 heterocycles. The van der Waals surface area contributed by atoms with Gasteiger partial charge in [-0.3, -0.25) is 0 Å². The van der Waals surface area contributed by atoms with Crippen LogP contribution in [0, 0.1) is 0 Å². The molecule has 0 radical (unpaired) electrons. The van der Waals surface area contributed by atoms with Crippen LogP contribution in [-0.2, 0) is 20.7 Å². The molecule has 29 heavy (non-hydrogen) atoms. The predicted octanol–water partition coefficient (Wildman–Crippen LogP) is 3.66. The predicted molar refractivity (Wildman–Crippen MR) is 108 cm³/mol. The van der Waals surface area contributed by atoms with Gasteiger partial charge in [0, 0.05) is 6.42 Å².